The average Bonchev–Trinajstić information content (AvgIpc) is 2.96. The maximum absolute atomic E-state index is 12.7. The predicted molar refractivity (Wildman–Crippen MR) is 96.7 cm³/mol. The molecule has 1 atom stereocenters. The van der Waals surface area contributed by atoms with Gasteiger partial charge in [-0.05, 0) is 43.2 Å². The summed E-state index contributed by atoms with van der Waals surface area (Å²) in [5, 5.41) is 0. The van der Waals surface area contributed by atoms with E-state index < -0.39 is 0 Å². The Bertz CT molecular complexity index is 605. The van der Waals surface area contributed by atoms with Gasteiger partial charge in [-0.1, -0.05) is 67.6 Å². The summed E-state index contributed by atoms with van der Waals surface area (Å²) in [6.45, 7) is 2.10. The molecule has 2 aromatic rings. The van der Waals surface area contributed by atoms with Gasteiger partial charge in [0.15, 0.2) is 0 Å². The van der Waals surface area contributed by atoms with Gasteiger partial charge in [0.05, 0.1) is 5.41 Å². The molecule has 24 heavy (non-hydrogen) atoms. The van der Waals surface area contributed by atoms with Gasteiger partial charge in [-0.25, -0.2) is 0 Å². The Balaban J connectivity index is 1.72. The van der Waals surface area contributed by atoms with Crippen LogP contribution in [0.25, 0.3) is 0 Å². The van der Waals surface area contributed by atoms with Gasteiger partial charge in [-0.15, -0.1) is 0 Å². The van der Waals surface area contributed by atoms with Gasteiger partial charge in [0.25, 0.3) is 0 Å². The highest BCUT2D eigenvalue weighted by atomic mass is 16.6. The second-order valence-electron chi connectivity index (χ2n) is 6.89. The standard InChI is InChI=1S/C22H26O2/c1-2-20-17-22(21(23)24-20,15-13-18-9-5-3-6-10-18)16-14-19-11-7-4-8-12-19/h3-12,20H,2,13-17H2,1H3. The largest absolute Gasteiger partial charge is 0.462 e. The first-order valence-electron chi connectivity index (χ1n) is 9.01. The van der Waals surface area contributed by atoms with Gasteiger partial charge in [-0.3, -0.25) is 4.79 Å². The maximum Gasteiger partial charge on any atom is 0.312 e. The van der Waals surface area contributed by atoms with Crippen LogP contribution in [0.3, 0.4) is 0 Å². The van der Waals surface area contributed by atoms with Crippen LogP contribution in [-0.2, 0) is 22.4 Å². The van der Waals surface area contributed by atoms with Crippen LogP contribution in [0.4, 0.5) is 0 Å². The number of ether oxygens (including phenoxy) is 1. The highest BCUT2D eigenvalue weighted by Gasteiger charge is 2.47. The van der Waals surface area contributed by atoms with Crippen molar-refractivity contribution in [2.24, 2.45) is 5.41 Å². The van der Waals surface area contributed by atoms with Gasteiger partial charge in [0, 0.05) is 6.42 Å². The number of benzene rings is 2. The second kappa shape index (κ2) is 7.65. The molecule has 0 N–H and O–H groups in total. The monoisotopic (exact) mass is 322 g/mol. The van der Waals surface area contributed by atoms with Crippen molar-refractivity contribution in [3.63, 3.8) is 0 Å². The highest BCUT2D eigenvalue weighted by Crippen LogP contribution is 2.43. The number of carbonyl (C=O) groups is 1. The van der Waals surface area contributed by atoms with Crippen molar-refractivity contribution in [1.29, 1.82) is 0 Å². The summed E-state index contributed by atoms with van der Waals surface area (Å²) < 4.78 is 5.66. The molecule has 0 radical (unpaired) electrons. The zero-order chi connectivity index (χ0) is 16.8. The number of carbonyl (C=O) groups excluding carboxylic acids is 1. The molecule has 0 amide bonds. The fourth-order valence-corrected chi connectivity index (χ4v) is 3.65. The Kier molecular flexibility index (Phi) is 5.34. The summed E-state index contributed by atoms with van der Waals surface area (Å²) in [4.78, 5) is 12.7. The van der Waals surface area contributed by atoms with Gasteiger partial charge < -0.3 is 4.74 Å². The number of rotatable bonds is 7. The van der Waals surface area contributed by atoms with E-state index in [1.807, 2.05) is 12.1 Å². The fourth-order valence-electron chi connectivity index (χ4n) is 3.65. The molecule has 0 aromatic heterocycles. The third kappa shape index (κ3) is 3.87. The van der Waals surface area contributed by atoms with Crippen LogP contribution in [0.1, 0.15) is 43.7 Å². The molecule has 1 heterocycles. The number of esters is 1. The summed E-state index contributed by atoms with van der Waals surface area (Å²) in [6, 6.07) is 20.9. The van der Waals surface area contributed by atoms with Crippen LogP contribution < -0.4 is 0 Å². The molecule has 3 rings (SSSR count). The summed E-state index contributed by atoms with van der Waals surface area (Å²) in [7, 11) is 0. The Morgan fingerprint density at radius 3 is 1.83 bits per heavy atom. The molecule has 1 aliphatic rings. The lowest BCUT2D eigenvalue weighted by Gasteiger charge is -2.25. The van der Waals surface area contributed by atoms with E-state index in [2.05, 4.69) is 55.5 Å². The topological polar surface area (TPSA) is 26.3 Å². The number of aryl methyl sites for hydroxylation is 2. The van der Waals surface area contributed by atoms with Crippen LogP contribution in [0.5, 0.6) is 0 Å². The first-order chi connectivity index (χ1) is 11.7. The summed E-state index contributed by atoms with van der Waals surface area (Å²) in [5.74, 6) is 0.0150. The number of cyclic esters (lactones) is 1. The minimum absolute atomic E-state index is 0.0150. The lowest BCUT2D eigenvalue weighted by molar-refractivity contribution is -0.149. The van der Waals surface area contributed by atoms with E-state index in [4.69, 9.17) is 4.74 Å². The molecule has 0 aliphatic carbocycles. The zero-order valence-electron chi connectivity index (χ0n) is 14.4. The zero-order valence-corrected chi connectivity index (χ0v) is 14.4. The molecular formula is C22H26O2. The lowest BCUT2D eigenvalue weighted by Crippen LogP contribution is -2.28. The van der Waals surface area contributed by atoms with Crippen molar-refractivity contribution in [2.45, 2.75) is 51.6 Å². The van der Waals surface area contributed by atoms with Gasteiger partial charge in [0.1, 0.15) is 6.10 Å². The smallest absolute Gasteiger partial charge is 0.312 e. The highest BCUT2D eigenvalue weighted by molar-refractivity contribution is 5.79. The van der Waals surface area contributed by atoms with Crippen LogP contribution in [-0.4, -0.2) is 12.1 Å². The molecule has 126 valence electrons. The van der Waals surface area contributed by atoms with Crippen LogP contribution in [0.2, 0.25) is 0 Å². The van der Waals surface area contributed by atoms with Crippen molar-refractivity contribution in [2.75, 3.05) is 0 Å². The minimum Gasteiger partial charge on any atom is -0.462 e. The Labute approximate surface area is 144 Å². The Hall–Kier alpha value is -2.09. The van der Waals surface area contributed by atoms with Crippen molar-refractivity contribution in [3.8, 4) is 0 Å². The van der Waals surface area contributed by atoms with Crippen molar-refractivity contribution < 1.29 is 9.53 Å². The summed E-state index contributed by atoms with van der Waals surface area (Å²) in [6.07, 6.45) is 5.47. The van der Waals surface area contributed by atoms with E-state index in [1.54, 1.807) is 0 Å². The van der Waals surface area contributed by atoms with Crippen molar-refractivity contribution in [3.05, 3.63) is 71.8 Å². The van der Waals surface area contributed by atoms with E-state index in [0.29, 0.717) is 0 Å². The van der Waals surface area contributed by atoms with Crippen LogP contribution in [0, 0.1) is 5.41 Å². The van der Waals surface area contributed by atoms with Crippen molar-refractivity contribution >= 4 is 5.97 Å². The van der Waals surface area contributed by atoms with Gasteiger partial charge in [0.2, 0.25) is 0 Å². The molecule has 1 fully saturated rings. The Morgan fingerprint density at radius 1 is 0.917 bits per heavy atom. The molecule has 0 spiro atoms. The van der Waals surface area contributed by atoms with Gasteiger partial charge >= 0.3 is 5.97 Å². The lowest BCUT2D eigenvalue weighted by atomic mass is 9.75. The van der Waals surface area contributed by atoms with E-state index >= 15 is 0 Å². The van der Waals surface area contributed by atoms with Crippen LogP contribution >= 0.6 is 0 Å². The molecule has 0 bridgehead atoms. The molecule has 2 heteroatoms. The van der Waals surface area contributed by atoms with Crippen LogP contribution in [0.15, 0.2) is 60.7 Å². The van der Waals surface area contributed by atoms with E-state index in [9.17, 15) is 4.79 Å². The SMILES string of the molecule is CCC1CC(CCc2ccccc2)(CCc2ccccc2)C(=O)O1. The third-order valence-corrected chi connectivity index (χ3v) is 5.25. The van der Waals surface area contributed by atoms with E-state index in [-0.39, 0.29) is 17.5 Å². The van der Waals surface area contributed by atoms with E-state index in [1.165, 1.54) is 11.1 Å². The van der Waals surface area contributed by atoms with E-state index in [0.717, 1.165) is 38.5 Å². The Morgan fingerprint density at radius 2 is 1.42 bits per heavy atom. The maximum atomic E-state index is 12.7. The predicted octanol–water partition coefficient (Wildman–Crippen LogP) is 4.96. The molecule has 2 nitrogen and oxygen atoms in total. The molecule has 0 saturated carbocycles. The third-order valence-electron chi connectivity index (χ3n) is 5.25. The van der Waals surface area contributed by atoms with Gasteiger partial charge in [-0.2, -0.15) is 0 Å². The summed E-state index contributed by atoms with van der Waals surface area (Å²) >= 11 is 0. The fraction of sp³-hybridized carbons (Fsp3) is 0.409. The molecule has 1 aliphatic heterocycles. The second-order valence-corrected chi connectivity index (χ2v) is 6.89. The normalized spacial score (nSPS) is 19.2. The molecule has 1 saturated heterocycles. The first kappa shape index (κ1) is 16.8. The number of hydrogen-bond acceptors (Lipinski definition) is 2. The molecular weight excluding hydrogens is 296 g/mol. The average molecular weight is 322 g/mol. The molecule has 2 aromatic carbocycles. The van der Waals surface area contributed by atoms with Crippen molar-refractivity contribution in [1.82, 2.24) is 0 Å². The summed E-state index contributed by atoms with van der Waals surface area (Å²) in [5.41, 5.74) is 2.26. The minimum atomic E-state index is -0.327. The number of hydrogen-bond donors (Lipinski definition) is 0. The molecule has 1 unspecified atom stereocenters. The quantitative estimate of drug-likeness (QED) is 0.673. The first-order valence-corrected chi connectivity index (χ1v) is 9.01.